The summed E-state index contributed by atoms with van der Waals surface area (Å²) < 4.78 is 31.1. The van der Waals surface area contributed by atoms with E-state index in [9.17, 15) is 13.6 Å². The molecule has 17 heavy (non-hydrogen) atoms. The molecule has 1 atom stereocenters. The molecular formula is C12H15F2NO2. The van der Waals surface area contributed by atoms with Crippen LogP contribution >= 0.6 is 0 Å². The van der Waals surface area contributed by atoms with Crippen molar-refractivity contribution in [2.45, 2.75) is 13.3 Å². The van der Waals surface area contributed by atoms with E-state index in [1.165, 1.54) is 12.1 Å². The number of carbonyl (C=O) groups is 1. The second kappa shape index (κ2) is 6.30. The molecule has 0 amide bonds. The van der Waals surface area contributed by atoms with E-state index in [0.717, 1.165) is 6.07 Å². The van der Waals surface area contributed by atoms with E-state index >= 15 is 0 Å². The van der Waals surface area contributed by atoms with Crippen LogP contribution in [-0.4, -0.2) is 19.1 Å². The summed E-state index contributed by atoms with van der Waals surface area (Å²) in [4.78, 5) is 11.5. The lowest BCUT2D eigenvalue weighted by Gasteiger charge is -2.13. The lowest BCUT2D eigenvalue weighted by Crippen LogP contribution is -2.28. The molecule has 0 aliphatic rings. The number of benzene rings is 1. The molecule has 1 rings (SSSR count). The van der Waals surface area contributed by atoms with Gasteiger partial charge in [0.2, 0.25) is 0 Å². The van der Waals surface area contributed by atoms with Crippen molar-refractivity contribution in [3.05, 3.63) is 35.4 Å². The summed E-state index contributed by atoms with van der Waals surface area (Å²) in [6.07, 6.45) is 0.0406. The Hall–Kier alpha value is -1.49. The number of ether oxygens (including phenoxy) is 1. The third-order valence-electron chi connectivity index (χ3n) is 2.40. The highest BCUT2D eigenvalue weighted by Crippen LogP contribution is 2.16. The van der Waals surface area contributed by atoms with Crippen LogP contribution in [0.1, 0.15) is 12.5 Å². The summed E-state index contributed by atoms with van der Waals surface area (Å²) in [5.41, 5.74) is 5.56. The van der Waals surface area contributed by atoms with Crippen molar-refractivity contribution < 1.29 is 18.3 Å². The number of halogens is 2. The largest absolute Gasteiger partial charge is 0.466 e. The van der Waals surface area contributed by atoms with E-state index in [0.29, 0.717) is 0 Å². The predicted molar refractivity (Wildman–Crippen MR) is 59.2 cm³/mol. The number of rotatable bonds is 5. The van der Waals surface area contributed by atoms with Crippen molar-refractivity contribution in [1.82, 2.24) is 0 Å². The van der Waals surface area contributed by atoms with Crippen molar-refractivity contribution >= 4 is 5.97 Å². The predicted octanol–water partition coefficient (Wildman–Crippen LogP) is 1.65. The molecule has 1 aromatic carbocycles. The van der Waals surface area contributed by atoms with Gasteiger partial charge in [0.25, 0.3) is 0 Å². The van der Waals surface area contributed by atoms with Crippen LogP contribution in [0.5, 0.6) is 0 Å². The maximum atomic E-state index is 13.4. The Morgan fingerprint density at radius 1 is 1.47 bits per heavy atom. The normalized spacial score (nSPS) is 12.2. The summed E-state index contributed by atoms with van der Waals surface area (Å²) in [5.74, 6) is -3.00. The monoisotopic (exact) mass is 243 g/mol. The standard InChI is InChI=1S/C12H15F2NO2/c1-2-17-12(16)9(7-15)6-8-4-3-5-10(13)11(8)14/h3-5,9H,2,6-7,15H2,1H3. The Balaban J connectivity index is 2.80. The van der Waals surface area contributed by atoms with Crippen molar-refractivity contribution in [2.75, 3.05) is 13.2 Å². The van der Waals surface area contributed by atoms with Crippen LogP contribution in [0.25, 0.3) is 0 Å². The van der Waals surface area contributed by atoms with Gasteiger partial charge in [-0.2, -0.15) is 0 Å². The second-order valence-corrected chi connectivity index (χ2v) is 3.60. The van der Waals surface area contributed by atoms with Gasteiger partial charge in [-0.05, 0) is 25.0 Å². The van der Waals surface area contributed by atoms with Crippen molar-refractivity contribution in [2.24, 2.45) is 11.7 Å². The fourth-order valence-electron chi connectivity index (χ4n) is 1.49. The van der Waals surface area contributed by atoms with Gasteiger partial charge in [-0.1, -0.05) is 12.1 Å². The molecule has 0 aliphatic carbocycles. The molecular weight excluding hydrogens is 228 g/mol. The number of nitrogens with two attached hydrogens (primary N) is 1. The number of esters is 1. The second-order valence-electron chi connectivity index (χ2n) is 3.60. The summed E-state index contributed by atoms with van der Waals surface area (Å²) in [7, 11) is 0. The van der Waals surface area contributed by atoms with Gasteiger partial charge in [0.15, 0.2) is 11.6 Å². The molecule has 0 spiro atoms. The first kappa shape index (κ1) is 13.6. The van der Waals surface area contributed by atoms with Crippen LogP contribution in [0.15, 0.2) is 18.2 Å². The lowest BCUT2D eigenvalue weighted by molar-refractivity contribution is -0.147. The van der Waals surface area contributed by atoms with E-state index in [1.807, 2.05) is 0 Å². The van der Waals surface area contributed by atoms with Crippen LogP contribution in [0.3, 0.4) is 0 Å². The van der Waals surface area contributed by atoms with Crippen molar-refractivity contribution in [3.63, 3.8) is 0 Å². The molecule has 2 N–H and O–H groups in total. The third-order valence-corrected chi connectivity index (χ3v) is 2.40. The fourth-order valence-corrected chi connectivity index (χ4v) is 1.49. The van der Waals surface area contributed by atoms with Gasteiger partial charge in [0.1, 0.15) is 0 Å². The van der Waals surface area contributed by atoms with Gasteiger partial charge in [-0.3, -0.25) is 4.79 Å². The quantitative estimate of drug-likeness (QED) is 0.800. The van der Waals surface area contributed by atoms with Gasteiger partial charge in [-0.25, -0.2) is 8.78 Å². The van der Waals surface area contributed by atoms with Gasteiger partial charge in [0, 0.05) is 6.54 Å². The van der Waals surface area contributed by atoms with Gasteiger partial charge >= 0.3 is 5.97 Å². The molecule has 0 fully saturated rings. The van der Waals surface area contributed by atoms with E-state index < -0.39 is 23.5 Å². The SMILES string of the molecule is CCOC(=O)C(CN)Cc1cccc(F)c1F. The Morgan fingerprint density at radius 3 is 2.76 bits per heavy atom. The van der Waals surface area contributed by atoms with E-state index in [1.54, 1.807) is 6.92 Å². The molecule has 0 saturated heterocycles. The highest BCUT2D eigenvalue weighted by Gasteiger charge is 2.21. The van der Waals surface area contributed by atoms with Crippen molar-refractivity contribution in [3.8, 4) is 0 Å². The lowest BCUT2D eigenvalue weighted by atomic mass is 9.99. The molecule has 1 unspecified atom stereocenters. The Labute approximate surface area is 98.6 Å². The zero-order valence-electron chi connectivity index (χ0n) is 9.58. The third kappa shape index (κ3) is 3.49. The molecule has 0 aliphatic heterocycles. The molecule has 0 bridgehead atoms. The first-order valence-corrected chi connectivity index (χ1v) is 5.39. The summed E-state index contributed by atoms with van der Waals surface area (Å²) >= 11 is 0. The smallest absolute Gasteiger partial charge is 0.310 e. The highest BCUT2D eigenvalue weighted by molar-refractivity contribution is 5.73. The maximum Gasteiger partial charge on any atom is 0.310 e. The zero-order chi connectivity index (χ0) is 12.8. The van der Waals surface area contributed by atoms with Crippen LogP contribution in [0.2, 0.25) is 0 Å². The average molecular weight is 243 g/mol. The summed E-state index contributed by atoms with van der Waals surface area (Å²) in [6.45, 7) is 1.95. The minimum Gasteiger partial charge on any atom is -0.466 e. The van der Waals surface area contributed by atoms with E-state index in [2.05, 4.69) is 0 Å². The van der Waals surface area contributed by atoms with Gasteiger partial charge in [-0.15, -0.1) is 0 Å². The van der Waals surface area contributed by atoms with Crippen LogP contribution < -0.4 is 5.73 Å². The topological polar surface area (TPSA) is 52.3 Å². The Kier molecular flexibility index (Phi) is 5.03. The fraction of sp³-hybridized carbons (Fsp3) is 0.417. The number of carbonyl (C=O) groups excluding carboxylic acids is 1. The molecule has 3 nitrogen and oxygen atoms in total. The summed E-state index contributed by atoms with van der Waals surface area (Å²) in [6, 6.07) is 3.85. The highest BCUT2D eigenvalue weighted by atomic mass is 19.2. The van der Waals surface area contributed by atoms with E-state index in [-0.39, 0.29) is 25.1 Å². The maximum absolute atomic E-state index is 13.4. The zero-order valence-corrected chi connectivity index (χ0v) is 9.58. The van der Waals surface area contributed by atoms with Crippen LogP contribution in [0.4, 0.5) is 8.78 Å². The summed E-state index contributed by atoms with van der Waals surface area (Å²) in [5, 5.41) is 0. The van der Waals surface area contributed by atoms with Crippen LogP contribution in [-0.2, 0) is 16.0 Å². The van der Waals surface area contributed by atoms with Gasteiger partial charge < -0.3 is 10.5 Å². The number of hydrogen-bond donors (Lipinski definition) is 1. The minimum atomic E-state index is -0.935. The van der Waals surface area contributed by atoms with Crippen LogP contribution in [0, 0.1) is 17.6 Å². The molecule has 0 heterocycles. The Bertz CT molecular complexity index is 396. The molecule has 94 valence electrons. The molecule has 0 radical (unpaired) electrons. The molecule has 0 aromatic heterocycles. The van der Waals surface area contributed by atoms with E-state index in [4.69, 9.17) is 10.5 Å². The molecule has 0 saturated carbocycles. The molecule has 1 aromatic rings. The average Bonchev–Trinajstić information content (AvgIpc) is 2.31. The van der Waals surface area contributed by atoms with Gasteiger partial charge in [0.05, 0.1) is 12.5 Å². The van der Waals surface area contributed by atoms with Crippen molar-refractivity contribution in [1.29, 1.82) is 0 Å². The molecule has 5 heteroatoms. The first-order valence-electron chi connectivity index (χ1n) is 5.39. The number of hydrogen-bond acceptors (Lipinski definition) is 3. The minimum absolute atomic E-state index is 0.0365. The Morgan fingerprint density at radius 2 is 2.18 bits per heavy atom. The first-order chi connectivity index (χ1) is 8.10.